The zero-order valence-corrected chi connectivity index (χ0v) is 18.3. The number of hydrogen-bond donors (Lipinski definition) is 1. The van der Waals surface area contributed by atoms with Crippen LogP contribution < -0.4 is 4.74 Å². The second-order valence-electron chi connectivity index (χ2n) is 7.46. The van der Waals surface area contributed by atoms with Gasteiger partial charge in [-0.1, -0.05) is 67.6 Å². The van der Waals surface area contributed by atoms with Gasteiger partial charge in [0.1, 0.15) is 18.1 Å². The lowest BCUT2D eigenvalue weighted by molar-refractivity contribution is 0.243. The highest BCUT2D eigenvalue weighted by Crippen LogP contribution is 2.32. The number of rotatable bonds is 8. The number of hydrogen-bond acceptors (Lipinski definition) is 6. The van der Waals surface area contributed by atoms with Gasteiger partial charge in [-0.05, 0) is 25.7 Å². The maximum Gasteiger partial charge on any atom is 0.167 e. The second kappa shape index (κ2) is 10.0. The summed E-state index contributed by atoms with van der Waals surface area (Å²) in [5.74, 6) is 2.19. The number of phenolic OH excluding ortho intramolecular Hbond substituents is 1. The minimum Gasteiger partial charge on any atom is -0.507 e. The Kier molecular flexibility index (Phi) is 6.72. The monoisotopic (exact) mass is 426 g/mol. The Labute approximate surface area is 188 Å². The molecule has 6 nitrogen and oxygen atoms in total. The van der Waals surface area contributed by atoms with Gasteiger partial charge in [0.05, 0.1) is 5.56 Å². The molecule has 0 amide bonds. The highest BCUT2D eigenvalue weighted by atomic mass is 16.5. The quantitative estimate of drug-likeness (QED) is 0.432. The van der Waals surface area contributed by atoms with Crippen LogP contribution in [0.15, 0.2) is 78.9 Å². The molecule has 0 bridgehead atoms. The average molecular weight is 427 g/mol. The summed E-state index contributed by atoms with van der Waals surface area (Å²) in [4.78, 5) is 16.2. The van der Waals surface area contributed by atoms with Gasteiger partial charge >= 0.3 is 0 Å². The van der Waals surface area contributed by atoms with Crippen LogP contribution in [-0.2, 0) is 0 Å². The van der Waals surface area contributed by atoms with Crippen LogP contribution in [0.25, 0.3) is 34.2 Å². The van der Waals surface area contributed by atoms with E-state index in [-0.39, 0.29) is 5.75 Å². The Bertz CT molecular complexity index is 1110. The van der Waals surface area contributed by atoms with Crippen molar-refractivity contribution in [3.8, 4) is 45.7 Å². The summed E-state index contributed by atoms with van der Waals surface area (Å²) in [7, 11) is 2.04. The van der Waals surface area contributed by atoms with Crippen LogP contribution in [0.3, 0.4) is 0 Å². The standard InChI is InChI=1S/C26H26N4O2/c1-3-30(2)16-17-32-21-14-15-22(23(31)18-21)26-28-24(19-10-6-4-7-11-19)27-25(29-26)20-12-8-5-9-13-20/h4-15,18,31H,3,16-17H2,1-2H3. The Balaban J connectivity index is 1.69. The van der Waals surface area contributed by atoms with Gasteiger partial charge < -0.3 is 14.7 Å². The van der Waals surface area contributed by atoms with E-state index in [1.807, 2.05) is 73.8 Å². The molecule has 0 unspecified atom stereocenters. The Morgan fingerprint density at radius 2 is 1.34 bits per heavy atom. The molecule has 0 radical (unpaired) electrons. The van der Waals surface area contributed by atoms with Crippen molar-refractivity contribution >= 4 is 0 Å². The van der Waals surface area contributed by atoms with Crippen molar-refractivity contribution < 1.29 is 9.84 Å². The van der Waals surface area contributed by atoms with Crippen molar-refractivity contribution in [3.63, 3.8) is 0 Å². The number of ether oxygens (including phenoxy) is 1. The van der Waals surface area contributed by atoms with Gasteiger partial charge in [-0.3, -0.25) is 0 Å². The van der Waals surface area contributed by atoms with Gasteiger partial charge in [-0.15, -0.1) is 0 Å². The minimum atomic E-state index is 0.0653. The lowest BCUT2D eigenvalue weighted by Gasteiger charge is -2.15. The third kappa shape index (κ3) is 5.10. The molecule has 1 heterocycles. The predicted molar refractivity (Wildman–Crippen MR) is 126 cm³/mol. The van der Waals surface area contributed by atoms with Crippen molar-refractivity contribution in [2.45, 2.75) is 6.92 Å². The van der Waals surface area contributed by atoms with Crippen molar-refractivity contribution in [1.82, 2.24) is 19.9 Å². The maximum atomic E-state index is 10.7. The van der Waals surface area contributed by atoms with Gasteiger partial charge in [-0.25, -0.2) is 15.0 Å². The molecule has 32 heavy (non-hydrogen) atoms. The van der Waals surface area contributed by atoms with Crippen molar-refractivity contribution in [2.24, 2.45) is 0 Å². The van der Waals surface area contributed by atoms with Crippen LogP contribution in [0.5, 0.6) is 11.5 Å². The Morgan fingerprint density at radius 3 is 1.88 bits per heavy atom. The summed E-state index contributed by atoms with van der Waals surface area (Å²) in [6.07, 6.45) is 0. The van der Waals surface area contributed by atoms with Crippen LogP contribution in [0, 0.1) is 0 Å². The molecular formula is C26H26N4O2. The second-order valence-corrected chi connectivity index (χ2v) is 7.46. The molecule has 0 atom stereocenters. The van der Waals surface area contributed by atoms with E-state index in [1.54, 1.807) is 12.1 Å². The van der Waals surface area contributed by atoms with Crippen molar-refractivity contribution in [1.29, 1.82) is 0 Å². The first kappa shape index (κ1) is 21.5. The molecule has 1 aromatic heterocycles. The van der Waals surface area contributed by atoms with E-state index in [0.717, 1.165) is 24.2 Å². The van der Waals surface area contributed by atoms with Gasteiger partial charge in [-0.2, -0.15) is 0 Å². The van der Waals surface area contributed by atoms with E-state index >= 15 is 0 Å². The van der Waals surface area contributed by atoms with Crippen LogP contribution in [0.2, 0.25) is 0 Å². The van der Waals surface area contributed by atoms with E-state index in [4.69, 9.17) is 4.74 Å². The zero-order chi connectivity index (χ0) is 22.3. The lowest BCUT2D eigenvalue weighted by atomic mass is 10.1. The topological polar surface area (TPSA) is 71.4 Å². The fraction of sp³-hybridized carbons (Fsp3) is 0.192. The maximum absolute atomic E-state index is 10.7. The summed E-state index contributed by atoms with van der Waals surface area (Å²) in [5.41, 5.74) is 2.29. The van der Waals surface area contributed by atoms with Crippen LogP contribution in [-0.4, -0.2) is 51.7 Å². The molecule has 0 aliphatic carbocycles. The summed E-state index contributed by atoms with van der Waals surface area (Å²) in [5, 5.41) is 10.7. The fourth-order valence-electron chi connectivity index (χ4n) is 3.20. The highest BCUT2D eigenvalue weighted by Gasteiger charge is 2.15. The first-order chi connectivity index (χ1) is 15.6. The number of aromatic nitrogens is 3. The molecular weight excluding hydrogens is 400 g/mol. The number of phenols is 1. The van der Waals surface area contributed by atoms with Gasteiger partial charge in [0.25, 0.3) is 0 Å². The van der Waals surface area contributed by atoms with E-state index < -0.39 is 0 Å². The number of benzene rings is 3. The molecule has 0 aliphatic heterocycles. The van der Waals surface area contributed by atoms with Crippen LogP contribution in [0.1, 0.15) is 6.92 Å². The molecule has 162 valence electrons. The molecule has 0 saturated carbocycles. The molecule has 4 aromatic rings. The average Bonchev–Trinajstić information content (AvgIpc) is 2.85. The number of nitrogens with zero attached hydrogens (tertiary/aromatic N) is 4. The number of aromatic hydroxyl groups is 1. The van der Waals surface area contributed by atoms with E-state index in [0.29, 0.717) is 35.4 Å². The summed E-state index contributed by atoms with van der Waals surface area (Å²) < 4.78 is 5.78. The fourth-order valence-corrected chi connectivity index (χ4v) is 3.20. The Morgan fingerprint density at radius 1 is 0.781 bits per heavy atom. The minimum absolute atomic E-state index is 0.0653. The molecule has 3 aromatic carbocycles. The largest absolute Gasteiger partial charge is 0.507 e. The predicted octanol–water partition coefficient (Wildman–Crippen LogP) is 4.91. The van der Waals surface area contributed by atoms with Gasteiger partial charge in [0, 0.05) is 23.7 Å². The molecule has 0 fully saturated rings. The highest BCUT2D eigenvalue weighted by molar-refractivity contribution is 5.70. The first-order valence-electron chi connectivity index (χ1n) is 10.7. The van der Waals surface area contributed by atoms with Gasteiger partial charge in [0.15, 0.2) is 17.5 Å². The zero-order valence-electron chi connectivity index (χ0n) is 18.3. The smallest absolute Gasteiger partial charge is 0.167 e. The molecule has 0 saturated heterocycles. The summed E-state index contributed by atoms with van der Waals surface area (Å²) in [6, 6.07) is 24.7. The first-order valence-corrected chi connectivity index (χ1v) is 10.7. The molecule has 4 rings (SSSR count). The third-order valence-corrected chi connectivity index (χ3v) is 5.19. The van der Waals surface area contributed by atoms with E-state index in [1.165, 1.54) is 0 Å². The molecule has 1 N–H and O–H groups in total. The SMILES string of the molecule is CCN(C)CCOc1ccc(-c2nc(-c3ccccc3)nc(-c3ccccc3)n2)c(O)c1. The van der Waals surface area contributed by atoms with Crippen molar-refractivity contribution in [2.75, 3.05) is 26.7 Å². The summed E-state index contributed by atoms with van der Waals surface area (Å²) in [6.45, 7) is 4.42. The summed E-state index contributed by atoms with van der Waals surface area (Å²) >= 11 is 0. The molecule has 0 aliphatic rings. The molecule has 6 heteroatoms. The van der Waals surface area contributed by atoms with Crippen molar-refractivity contribution in [3.05, 3.63) is 78.9 Å². The van der Waals surface area contributed by atoms with Crippen LogP contribution in [0.4, 0.5) is 0 Å². The molecule has 0 spiro atoms. The van der Waals surface area contributed by atoms with E-state index in [2.05, 4.69) is 26.8 Å². The number of likely N-dealkylation sites (N-methyl/N-ethyl adjacent to an activating group) is 1. The van der Waals surface area contributed by atoms with Crippen LogP contribution >= 0.6 is 0 Å². The normalized spacial score (nSPS) is 11.0. The van der Waals surface area contributed by atoms with Gasteiger partial charge in [0.2, 0.25) is 0 Å². The lowest BCUT2D eigenvalue weighted by Crippen LogP contribution is -2.23. The van der Waals surface area contributed by atoms with E-state index in [9.17, 15) is 5.11 Å². The third-order valence-electron chi connectivity index (χ3n) is 5.19. The Hall–Kier alpha value is -3.77.